The smallest absolute Gasteiger partial charge is 0.270 e. The third kappa shape index (κ3) is 20.4. The Morgan fingerprint density at radius 1 is 0.388 bits per heavy atom. The van der Waals surface area contributed by atoms with Crippen molar-refractivity contribution in [2.45, 2.75) is 321 Å². The molecule has 8 aromatic rings. The molecule has 0 spiro atoms. The van der Waals surface area contributed by atoms with Crippen LogP contribution in [0.15, 0.2) is 95.3 Å². The molecule has 2 aliphatic carbocycles. The standard InChI is InChI=1S/C100H120N4O6S6/c1-9-13-17-21-25-29-33-37-41-49-57-99(58-50-42-38-34-30-26-22-18-14-10-2)77-65-83(93-81(107-7)63-69(111-93)61-75-85(79(67-101)103-5)71-53-45-47-55-73(71)87(75)105)113-91(77)95-89(109-99)97-98(115-95)90-96(116-97)92-78(100(110-90,59-51-43-39-35-31-27-23-19-15-11-3)60-52-44-40-36-32-28-24-20-16-12-4)66-84(114-92)94-82(108-8)64-70(112-94)62-76-86(80(68-102)104-6)72-54-46-48-56-74(72)88(76)106/h45-48,53-56,61-66H,9-44,49-52,57-60H2,1-4,7-8H3/b75-61-,76-62-,85-79-,86-80+. The average molecular weight is 1670 g/mol. The molecule has 12 rings (SSSR count). The van der Waals surface area contributed by atoms with Crippen molar-refractivity contribution in [3.05, 3.63) is 161 Å². The zero-order valence-corrected chi connectivity index (χ0v) is 74.8. The number of hydrogen-bond donors (Lipinski definition) is 0. The second-order valence-corrected chi connectivity index (χ2v) is 39.0. The van der Waals surface area contributed by atoms with Crippen molar-refractivity contribution in [2.24, 2.45) is 0 Å². The molecule has 0 saturated carbocycles. The molecule has 10 nitrogen and oxygen atoms in total. The number of ketones is 2. The van der Waals surface area contributed by atoms with E-state index in [0.717, 1.165) is 137 Å². The van der Waals surface area contributed by atoms with Crippen molar-refractivity contribution in [1.29, 1.82) is 10.5 Å². The van der Waals surface area contributed by atoms with Gasteiger partial charge in [-0.15, -0.1) is 68.0 Å². The number of allylic oxidation sites excluding steroid dienone is 6. The highest BCUT2D eigenvalue weighted by Crippen LogP contribution is 2.68. The summed E-state index contributed by atoms with van der Waals surface area (Å²) < 4.78 is 31.5. The van der Waals surface area contributed by atoms with Gasteiger partial charge in [0.15, 0.2) is 23.1 Å². The molecule has 2 aromatic carbocycles. The van der Waals surface area contributed by atoms with Gasteiger partial charge in [0.1, 0.15) is 22.7 Å². The highest BCUT2D eigenvalue weighted by molar-refractivity contribution is 7.36. The Labute approximate surface area is 716 Å². The molecular formula is C100H120N4O6S6. The predicted molar refractivity (Wildman–Crippen MR) is 492 cm³/mol. The van der Waals surface area contributed by atoms with Gasteiger partial charge in [0.2, 0.25) is 0 Å². The van der Waals surface area contributed by atoms with Gasteiger partial charge in [-0.2, -0.15) is 0 Å². The fraction of sp³-hybridized carbons (Fsp3) is 0.520. The first kappa shape index (κ1) is 87.7. The van der Waals surface area contributed by atoms with E-state index in [0.29, 0.717) is 56.0 Å². The zero-order chi connectivity index (χ0) is 81.2. The molecule has 16 heteroatoms. The molecule has 0 bridgehead atoms. The van der Waals surface area contributed by atoms with Gasteiger partial charge in [-0.1, -0.05) is 307 Å². The normalized spacial score (nSPS) is 15.6. The summed E-state index contributed by atoms with van der Waals surface area (Å²) in [5.41, 5.74) is 4.70. The van der Waals surface area contributed by atoms with Crippen molar-refractivity contribution in [3.63, 3.8) is 0 Å². The van der Waals surface area contributed by atoms with Crippen LogP contribution in [0.2, 0.25) is 0 Å². The molecule has 6 aromatic heterocycles. The van der Waals surface area contributed by atoms with E-state index in [9.17, 15) is 20.1 Å². The summed E-state index contributed by atoms with van der Waals surface area (Å²) in [4.78, 5) is 46.6. The van der Waals surface area contributed by atoms with Crippen molar-refractivity contribution < 1.29 is 28.5 Å². The largest absolute Gasteiger partial charge is 0.495 e. The number of carbonyl (C=O) groups excluding carboxylic acids is 2. The molecule has 0 unspecified atom stereocenters. The van der Waals surface area contributed by atoms with Gasteiger partial charge in [0, 0.05) is 64.1 Å². The number of rotatable bonds is 50. The minimum absolute atomic E-state index is 0.101. The molecule has 2 aliphatic heterocycles. The molecule has 0 amide bonds. The lowest BCUT2D eigenvalue weighted by Gasteiger charge is -2.39. The van der Waals surface area contributed by atoms with Crippen LogP contribution in [-0.2, 0) is 11.2 Å². The van der Waals surface area contributed by atoms with E-state index >= 15 is 0 Å². The van der Waals surface area contributed by atoms with Crippen LogP contribution in [0.4, 0.5) is 0 Å². The molecule has 116 heavy (non-hydrogen) atoms. The maximum atomic E-state index is 14.4. The van der Waals surface area contributed by atoms with E-state index in [4.69, 9.17) is 32.1 Å². The van der Waals surface area contributed by atoms with Crippen LogP contribution in [0.25, 0.3) is 81.4 Å². The highest BCUT2D eigenvalue weighted by atomic mass is 32.1. The third-order valence-corrected chi connectivity index (χ3v) is 31.9. The summed E-state index contributed by atoms with van der Waals surface area (Å²) in [6.07, 6.45) is 57.0. The molecule has 0 saturated heterocycles. The molecule has 0 radical (unpaired) electrons. The Morgan fingerprint density at radius 2 is 0.672 bits per heavy atom. The second kappa shape index (κ2) is 43.9. The summed E-state index contributed by atoms with van der Waals surface area (Å²) in [5.74, 6) is 2.97. The number of fused-ring (bicyclic) bond motifs is 11. The Balaban J connectivity index is 0.986. The minimum atomic E-state index is -0.630. The molecule has 4 aliphatic rings. The van der Waals surface area contributed by atoms with E-state index in [2.05, 4.69) is 61.7 Å². The van der Waals surface area contributed by atoms with Gasteiger partial charge in [-0.05, 0) is 98.9 Å². The number of nitrogens with zero attached hydrogens (tertiary/aromatic N) is 4. The number of methoxy groups -OCH3 is 2. The summed E-state index contributed by atoms with van der Waals surface area (Å²) in [5, 5.41) is 20.7. The molecule has 8 heterocycles. The summed E-state index contributed by atoms with van der Waals surface area (Å²) in [6, 6.07) is 27.7. The summed E-state index contributed by atoms with van der Waals surface area (Å²) in [7, 11) is 3.45. The van der Waals surface area contributed by atoms with Crippen LogP contribution in [0.5, 0.6) is 23.0 Å². The SMILES string of the molecule is [C-]#[N+]/C(C#N)=C1\C(=C\c2cc(OC)c(-c3cc4c(s3)-c3sc5c6c(sc5c3OC4(CCCCCCCCCCCC)CCCCCCCCCCCC)-c3sc(-c4sc(/C=C5\C(=O)c7ccccc7\C5=C(\C#N)[N+]#[C-])cc4OC)cc3C(CCCCCCCCCCCC)(CCCCCCCCCCCC)O6)s2)C(=O)c2ccccc21. The number of Topliss-reactive ketones (excluding diaryl/α,β-unsaturated/α-hetero) is 2. The first-order valence-electron chi connectivity index (χ1n) is 44.4. The van der Waals surface area contributed by atoms with Gasteiger partial charge in [0.25, 0.3) is 11.4 Å². The van der Waals surface area contributed by atoms with Crippen LogP contribution < -0.4 is 18.9 Å². The Kier molecular flexibility index (Phi) is 33.2. The van der Waals surface area contributed by atoms with E-state index in [1.54, 1.807) is 49.0 Å². The van der Waals surface area contributed by atoms with Gasteiger partial charge < -0.3 is 18.9 Å². The van der Waals surface area contributed by atoms with Crippen LogP contribution >= 0.6 is 68.0 Å². The minimum Gasteiger partial charge on any atom is -0.495 e. The van der Waals surface area contributed by atoms with E-state index in [1.165, 1.54) is 226 Å². The first-order valence-corrected chi connectivity index (χ1v) is 49.3. The quantitative estimate of drug-likeness (QED) is 0.0160. The van der Waals surface area contributed by atoms with Gasteiger partial charge in [-0.25, -0.2) is 20.2 Å². The van der Waals surface area contributed by atoms with Crippen LogP contribution in [0.3, 0.4) is 0 Å². The zero-order valence-electron chi connectivity index (χ0n) is 69.9. The van der Waals surface area contributed by atoms with Crippen molar-refractivity contribution >= 4 is 112 Å². The lowest BCUT2D eigenvalue weighted by atomic mass is 9.81. The Bertz CT molecular complexity index is 4600. The van der Waals surface area contributed by atoms with Crippen molar-refractivity contribution in [2.75, 3.05) is 14.2 Å². The fourth-order valence-electron chi connectivity index (χ4n) is 18.0. The lowest BCUT2D eigenvalue weighted by molar-refractivity contribution is 0.0406. The Morgan fingerprint density at radius 3 is 0.948 bits per heavy atom. The average Bonchev–Trinajstić information content (AvgIpc) is 1.53. The van der Waals surface area contributed by atoms with Gasteiger partial charge in [0.05, 0.1) is 78.2 Å². The van der Waals surface area contributed by atoms with Gasteiger partial charge >= 0.3 is 0 Å². The molecule has 0 atom stereocenters. The topological polar surface area (TPSA) is 127 Å². The highest BCUT2D eigenvalue weighted by Gasteiger charge is 2.49. The number of thiophene rings is 6. The number of ether oxygens (including phenoxy) is 4. The Hall–Kier alpha value is -7.64. The summed E-state index contributed by atoms with van der Waals surface area (Å²) in [6.45, 7) is 25.3. The maximum absolute atomic E-state index is 14.4. The lowest BCUT2D eigenvalue weighted by Crippen LogP contribution is -2.35. The van der Waals surface area contributed by atoms with Crippen molar-refractivity contribution in [3.8, 4) is 74.2 Å². The summed E-state index contributed by atoms with van der Waals surface area (Å²) >= 11 is 10.5. The van der Waals surface area contributed by atoms with E-state index in [1.807, 2.05) is 106 Å². The fourth-order valence-corrected chi connectivity index (χ4v) is 25.7. The number of benzene rings is 2. The number of hydrogen-bond acceptors (Lipinski definition) is 14. The number of nitriles is 2. The van der Waals surface area contributed by atoms with Crippen molar-refractivity contribution in [1.82, 2.24) is 0 Å². The van der Waals surface area contributed by atoms with Crippen LogP contribution in [-0.4, -0.2) is 25.8 Å². The third-order valence-electron chi connectivity index (χ3n) is 24.3. The second-order valence-electron chi connectivity index (χ2n) is 32.7. The maximum Gasteiger partial charge on any atom is 0.270 e. The molecule has 612 valence electrons. The van der Waals surface area contributed by atoms with E-state index < -0.39 is 11.2 Å². The number of carbonyl (C=O) groups is 2. The monoisotopic (exact) mass is 1660 g/mol. The van der Waals surface area contributed by atoms with Crippen LogP contribution in [0.1, 0.15) is 363 Å². The molecule has 0 fully saturated rings. The molecule has 0 N–H and O–H groups in total. The van der Waals surface area contributed by atoms with Gasteiger partial charge in [-0.3, -0.25) is 9.59 Å². The van der Waals surface area contributed by atoms with E-state index in [-0.39, 0.29) is 23.0 Å². The van der Waals surface area contributed by atoms with Crippen LogP contribution in [0, 0.1) is 35.8 Å². The predicted octanol–water partition coefficient (Wildman–Crippen LogP) is 33.2. The molecular weight excluding hydrogens is 1550 g/mol. The number of unbranched alkanes of at least 4 members (excludes halogenated alkanes) is 36. The first-order chi connectivity index (χ1) is 57.0.